The van der Waals surface area contributed by atoms with Gasteiger partial charge in [-0.25, -0.2) is 9.18 Å². The standard InChI is InChI=1S/C11H11BrFNO2/c12-8-1-3-9(4-2-8)14-6-5-11(13,7-14)10(15)16/h1-4H,5-7H2,(H,15,16). The Morgan fingerprint density at radius 3 is 2.56 bits per heavy atom. The number of carboxylic acids is 1. The molecular weight excluding hydrogens is 277 g/mol. The molecule has 1 saturated heterocycles. The Balaban J connectivity index is 2.15. The molecule has 1 aromatic rings. The van der Waals surface area contributed by atoms with Gasteiger partial charge in [-0.15, -0.1) is 0 Å². The molecule has 1 aliphatic heterocycles. The first-order valence-electron chi connectivity index (χ1n) is 4.94. The predicted molar refractivity (Wildman–Crippen MR) is 62.4 cm³/mol. The normalized spacial score (nSPS) is 24.8. The lowest BCUT2D eigenvalue weighted by atomic mass is 10.1. The van der Waals surface area contributed by atoms with Gasteiger partial charge in [0, 0.05) is 23.1 Å². The Labute approximate surface area is 101 Å². The van der Waals surface area contributed by atoms with Gasteiger partial charge >= 0.3 is 5.97 Å². The van der Waals surface area contributed by atoms with E-state index in [-0.39, 0.29) is 13.0 Å². The minimum absolute atomic E-state index is 0.0401. The number of carboxylic acid groups (broad SMARTS) is 1. The zero-order valence-electron chi connectivity index (χ0n) is 8.49. The van der Waals surface area contributed by atoms with Crippen LogP contribution >= 0.6 is 15.9 Å². The number of hydrogen-bond acceptors (Lipinski definition) is 2. The number of anilines is 1. The summed E-state index contributed by atoms with van der Waals surface area (Å²) in [4.78, 5) is 12.5. The highest BCUT2D eigenvalue weighted by Gasteiger charge is 2.45. The van der Waals surface area contributed by atoms with E-state index in [1.54, 1.807) is 4.90 Å². The zero-order chi connectivity index (χ0) is 11.8. The van der Waals surface area contributed by atoms with E-state index in [1.165, 1.54) is 0 Å². The number of carbonyl (C=O) groups is 1. The number of alkyl halides is 1. The van der Waals surface area contributed by atoms with Crippen LogP contribution in [0.2, 0.25) is 0 Å². The Bertz CT molecular complexity index is 409. The maximum absolute atomic E-state index is 13.8. The second-order valence-corrected chi connectivity index (χ2v) is 4.83. The first-order valence-corrected chi connectivity index (χ1v) is 5.73. The fraction of sp³-hybridized carbons (Fsp3) is 0.364. The third kappa shape index (κ3) is 2.04. The molecule has 0 saturated carbocycles. The van der Waals surface area contributed by atoms with Gasteiger partial charge in [-0.2, -0.15) is 0 Å². The molecule has 1 fully saturated rings. The topological polar surface area (TPSA) is 40.5 Å². The molecule has 2 rings (SSSR count). The average molecular weight is 288 g/mol. The van der Waals surface area contributed by atoms with Crippen molar-refractivity contribution in [3.63, 3.8) is 0 Å². The van der Waals surface area contributed by atoms with E-state index < -0.39 is 11.6 Å². The van der Waals surface area contributed by atoms with Gasteiger partial charge in [0.15, 0.2) is 0 Å². The van der Waals surface area contributed by atoms with Crippen LogP contribution in [0.4, 0.5) is 10.1 Å². The van der Waals surface area contributed by atoms with Crippen molar-refractivity contribution in [1.82, 2.24) is 0 Å². The molecule has 3 nitrogen and oxygen atoms in total. The number of nitrogens with zero attached hydrogens (tertiary/aromatic N) is 1. The van der Waals surface area contributed by atoms with Crippen LogP contribution in [0.5, 0.6) is 0 Å². The fourth-order valence-electron chi connectivity index (χ4n) is 1.82. The monoisotopic (exact) mass is 287 g/mol. The Morgan fingerprint density at radius 2 is 2.06 bits per heavy atom. The molecule has 0 spiro atoms. The Morgan fingerprint density at radius 1 is 1.44 bits per heavy atom. The van der Waals surface area contributed by atoms with Crippen LogP contribution in [0.1, 0.15) is 6.42 Å². The van der Waals surface area contributed by atoms with Crippen molar-refractivity contribution < 1.29 is 14.3 Å². The summed E-state index contributed by atoms with van der Waals surface area (Å²) in [5.41, 5.74) is -1.25. The van der Waals surface area contributed by atoms with Gasteiger partial charge in [-0.3, -0.25) is 0 Å². The summed E-state index contributed by atoms with van der Waals surface area (Å²) in [5.74, 6) is -1.37. The summed E-state index contributed by atoms with van der Waals surface area (Å²) in [7, 11) is 0. The molecule has 0 aliphatic carbocycles. The molecule has 86 valence electrons. The third-order valence-corrected chi connectivity index (χ3v) is 3.32. The third-order valence-electron chi connectivity index (χ3n) is 2.79. The lowest BCUT2D eigenvalue weighted by Crippen LogP contribution is -2.36. The van der Waals surface area contributed by atoms with Crippen molar-refractivity contribution in [2.24, 2.45) is 0 Å². The SMILES string of the molecule is O=C(O)C1(F)CCN(c2ccc(Br)cc2)C1. The first kappa shape index (κ1) is 11.4. The van der Waals surface area contributed by atoms with E-state index in [4.69, 9.17) is 5.11 Å². The van der Waals surface area contributed by atoms with E-state index in [2.05, 4.69) is 15.9 Å². The quantitative estimate of drug-likeness (QED) is 0.908. The summed E-state index contributed by atoms with van der Waals surface area (Å²) in [6, 6.07) is 7.40. The van der Waals surface area contributed by atoms with Crippen molar-refractivity contribution in [2.75, 3.05) is 18.0 Å². The van der Waals surface area contributed by atoms with E-state index in [9.17, 15) is 9.18 Å². The van der Waals surface area contributed by atoms with Crippen molar-refractivity contribution in [2.45, 2.75) is 12.1 Å². The van der Waals surface area contributed by atoms with Crippen LogP contribution in [0.15, 0.2) is 28.7 Å². The average Bonchev–Trinajstić information content (AvgIpc) is 2.63. The van der Waals surface area contributed by atoms with Crippen molar-refractivity contribution >= 4 is 27.6 Å². The lowest BCUT2D eigenvalue weighted by molar-refractivity contribution is -0.149. The van der Waals surface area contributed by atoms with Crippen molar-refractivity contribution in [3.8, 4) is 0 Å². The molecule has 1 N–H and O–H groups in total. The summed E-state index contributed by atoms with van der Waals surface area (Å²) in [5, 5.41) is 8.77. The lowest BCUT2D eigenvalue weighted by Gasteiger charge is -2.19. The number of hydrogen-bond donors (Lipinski definition) is 1. The highest BCUT2D eigenvalue weighted by atomic mass is 79.9. The van der Waals surface area contributed by atoms with Gasteiger partial charge in [0.1, 0.15) is 0 Å². The minimum Gasteiger partial charge on any atom is -0.479 e. The number of halogens is 2. The zero-order valence-corrected chi connectivity index (χ0v) is 10.1. The molecule has 0 amide bonds. The molecule has 1 aromatic carbocycles. The second-order valence-electron chi connectivity index (χ2n) is 3.92. The second kappa shape index (κ2) is 4.05. The maximum Gasteiger partial charge on any atom is 0.343 e. The first-order chi connectivity index (χ1) is 7.51. The highest BCUT2D eigenvalue weighted by molar-refractivity contribution is 9.10. The Hall–Kier alpha value is -1.10. The summed E-state index contributed by atoms with van der Waals surface area (Å²) in [6.45, 7) is 0.356. The summed E-state index contributed by atoms with van der Waals surface area (Å²) < 4.78 is 14.7. The van der Waals surface area contributed by atoms with Crippen LogP contribution in [0.3, 0.4) is 0 Å². The number of rotatable bonds is 2. The summed E-state index contributed by atoms with van der Waals surface area (Å²) in [6.07, 6.45) is 0.0401. The molecule has 1 aliphatic rings. The van der Waals surface area contributed by atoms with Gasteiger partial charge in [0.2, 0.25) is 5.67 Å². The van der Waals surface area contributed by atoms with Gasteiger partial charge < -0.3 is 10.0 Å². The minimum atomic E-state index is -2.10. The Kier molecular flexibility index (Phi) is 2.88. The molecule has 16 heavy (non-hydrogen) atoms. The molecule has 0 radical (unpaired) electrons. The maximum atomic E-state index is 13.8. The number of aliphatic carboxylic acids is 1. The smallest absolute Gasteiger partial charge is 0.343 e. The van der Waals surface area contributed by atoms with Crippen LogP contribution in [0.25, 0.3) is 0 Å². The highest BCUT2D eigenvalue weighted by Crippen LogP contribution is 2.30. The van der Waals surface area contributed by atoms with Gasteiger partial charge in [0.25, 0.3) is 0 Å². The van der Waals surface area contributed by atoms with Crippen LogP contribution in [-0.2, 0) is 4.79 Å². The molecule has 5 heteroatoms. The molecule has 1 atom stereocenters. The van der Waals surface area contributed by atoms with Gasteiger partial charge in [-0.1, -0.05) is 15.9 Å². The van der Waals surface area contributed by atoms with Crippen molar-refractivity contribution in [1.29, 1.82) is 0 Å². The predicted octanol–water partition coefficient (Wildman–Crippen LogP) is 2.45. The number of benzene rings is 1. The molecular formula is C11H11BrFNO2. The largest absolute Gasteiger partial charge is 0.479 e. The van der Waals surface area contributed by atoms with E-state index in [0.29, 0.717) is 6.54 Å². The van der Waals surface area contributed by atoms with Crippen LogP contribution in [-0.4, -0.2) is 29.8 Å². The van der Waals surface area contributed by atoms with Gasteiger partial charge in [0.05, 0.1) is 6.54 Å². The van der Waals surface area contributed by atoms with Crippen LogP contribution < -0.4 is 4.90 Å². The molecule has 0 aromatic heterocycles. The summed E-state index contributed by atoms with van der Waals surface area (Å²) >= 11 is 3.31. The van der Waals surface area contributed by atoms with E-state index in [1.807, 2.05) is 24.3 Å². The van der Waals surface area contributed by atoms with Gasteiger partial charge in [-0.05, 0) is 24.3 Å². The van der Waals surface area contributed by atoms with E-state index in [0.717, 1.165) is 10.2 Å². The fourth-order valence-corrected chi connectivity index (χ4v) is 2.08. The molecule has 0 bridgehead atoms. The van der Waals surface area contributed by atoms with Crippen molar-refractivity contribution in [3.05, 3.63) is 28.7 Å². The van der Waals surface area contributed by atoms with E-state index >= 15 is 0 Å². The van der Waals surface area contributed by atoms with Crippen LogP contribution in [0, 0.1) is 0 Å². The molecule has 1 heterocycles. The molecule has 1 unspecified atom stereocenters.